The number of fused-ring (bicyclic) bond motifs is 3. The van der Waals surface area contributed by atoms with Crippen LogP contribution in [0.4, 0.5) is 0 Å². The third-order valence-electron chi connectivity index (χ3n) is 8.17. The Bertz CT molecular complexity index is 378. The molecular formula is C25H46O. The van der Waals surface area contributed by atoms with Gasteiger partial charge in [-0.15, -0.1) is 0 Å². The molecule has 152 valence electrons. The molecule has 0 aliphatic heterocycles. The first kappa shape index (κ1) is 20.7. The fourth-order valence-corrected chi connectivity index (χ4v) is 6.71. The van der Waals surface area contributed by atoms with Crippen LogP contribution in [0.25, 0.3) is 0 Å². The average Bonchev–Trinajstić information content (AvgIpc) is 2.68. The Kier molecular flexibility index (Phi) is 8.82. The molecule has 3 saturated carbocycles. The van der Waals surface area contributed by atoms with Crippen molar-refractivity contribution in [2.75, 3.05) is 6.61 Å². The van der Waals surface area contributed by atoms with E-state index in [1.807, 2.05) is 0 Å². The summed E-state index contributed by atoms with van der Waals surface area (Å²) in [6, 6.07) is 0. The minimum Gasteiger partial charge on any atom is -0.378 e. The number of rotatable bonds is 10. The standard InChI is InChI=1S/C25H46O/c1-3-5-7-8-9-17-26-23-14-16-25-22(19-23)13-12-21-18-20(10-6-4-2)11-15-24(21)25/h20-25H,3-19H2,1-2H3/t20-,21?,22?,23-,24?,25?/m0/s1. The lowest BCUT2D eigenvalue weighted by Crippen LogP contribution is -2.42. The molecule has 6 atom stereocenters. The SMILES string of the molecule is CCCCCCCO[C@H]1CCC2C(CCC3C[C@@H](CCCC)CCC32)C1. The molecule has 0 amide bonds. The van der Waals surface area contributed by atoms with Gasteiger partial charge in [-0.05, 0) is 81.0 Å². The second-order valence-corrected chi connectivity index (χ2v) is 9.97. The maximum absolute atomic E-state index is 6.31. The van der Waals surface area contributed by atoms with E-state index in [-0.39, 0.29) is 0 Å². The maximum Gasteiger partial charge on any atom is 0.0578 e. The van der Waals surface area contributed by atoms with Crippen LogP contribution < -0.4 is 0 Å². The van der Waals surface area contributed by atoms with E-state index in [1.165, 1.54) is 83.5 Å². The highest BCUT2D eigenvalue weighted by atomic mass is 16.5. The summed E-state index contributed by atoms with van der Waals surface area (Å²) < 4.78 is 6.31. The van der Waals surface area contributed by atoms with Crippen LogP contribution in [0, 0.1) is 29.6 Å². The number of ether oxygens (including phenoxy) is 1. The summed E-state index contributed by atoms with van der Waals surface area (Å²) in [7, 11) is 0. The van der Waals surface area contributed by atoms with E-state index in [0.717, 1.165) is 36.2 Å². The highest BCUT2D eigenvalue weighted by molar-refractivity contribution is 4.94. The van der Waals surface area contributed by atoms with Gasteiger partial charge in [0.25, 0.3) is 0 Å². The van der Waals surface area contributed by atoms with Crippen molar-refractivity contribution in [3.8, 4) is 0 Å². The Labute approximate surface area is 164 Å². The highest BCUT2D eigenvalue weighted by Gasteiger charge is 2.44. The van der Waals surface area contributed by atoms with E-state index in [1.54, 1.807) is 19.3 Å². The van der Waals surface area contributed by atoms with Gasteiger partial charge >= 0.3 is 0 Å². The van der Waals surface area contributed by atoms with Crippen molar-refractivity contribution in [1.29, 1.82) is 0 Å². The lowest BCUT2D eigenvalue weighted by atomic mass is 9.56. The minimum atomic E-state index is 0.597. The van der Waals surface area contributed by atoms with Gasteiger partial charge in [0.2, 0.25) is 0 Å². The topological polar surface area (TPSA) is 9.23 Å². The van der Waals surface area contributed by atoms with Gasteiger partial charge < -0.3 is 4.74 Å². The summed E-state index contributed by atoms with van der Waals surface area (Å²) in [5, 5.41) is 0. The Morgan fingerprint density at radius 1 is 0.654 bits per heavy atom. The van der Waals surface area contributed by atoms with Gasteiger partial charge in [0, 0.05) is 6.61 Å². The summed E-state index contributed by atoms with van der Waals surface area (Å²) in [5.74, 6) is 5.30. The Balaban J connectivity index is 1.37. The molecule has 0 aromatic carbocycles. The summed E-state index contributed by atoms with van der Waals surface area (Å²) in [6.07, 6.45) is 23.7. The lowest BCUT2D eigenvalue weighted by molar-refractivity contribution is -0.0539. The van der Waals surface area contributed by atoms with Crippen molar-refractivity contribution in [2.45, 2.75) is 123 Å². The fourth-order valence-electron chi connectivity index (χ4n) is 6.71. The Hall–Kier alpha value is -0.0400. The second kappa shape index (κ2) is 11.1. The van der Waals surface area contributed by atoms with Crippen molar-refractivity contribution in [3.63, 3.8) is 0 Å². The van der Waals surface area contributed by atoms with Crippen molar-refractivity contribution >= 4 is 0 Å². The summed E-state index contributed by atoms with van der Waals surface area (Å²) in [4.78, 5) is 0. The molecule has 0 radical (unpaired) electrons. The van der Waals surface area contributed by atoms with E-state index in [4.69, 9.17) is 4.74 Å². The van der Waals surface area contributed by atoms with Gasteiger partial charge in [-0.3, -0.25) is 0 Å². The van der Waals surface area contributed by atoms with Crippen LogP contribution in [0.15, 0.2) is 0 Å². The van der Waals surface area contributed by atoms with Gasteiger partial charge in [-0.1, -0.05) is 65.2 Å². The molecule has 4 unspecified atom stereocenters. The van der Waals surface area contributed by atoms with Crippen molar-refractivity contribution < 1.29 is 4.74 Å². The Morgan fingerprint density at radius 2 is 1.35 bits per heavy atom. The highest BCUT2D eigenvalue weighted by Crippen LogP contribution is 2.53. The zero-order valence-electron chi connectivity index (χ0n) is 17.9. The zero-order chi connectivity index (χ0) is 18.2. The molecule has 26 heavy (non-hydrogen) atoms. The predicted octanol–water partition coefficient (Wildman–Crippen LogP) is 7.77. The lowest BCUT2D eigenvalue weighted by Gasteiger charge is -2.50. The van der Waals surface area contributed by atoms with E-state index in [9.17, 15) is 0 Å². The zero-order valence-corrected chi connectivity index (χ0v) is 17.9. The van der Waals surface area contributed by atoms with Gasteiger partial charge in [-0.25, -0.2) is 0 Å². The van der Waals surface area contributed by atoms with Crippen LogP contribution in [0.2, 0.25) is 0 Å². The van der Waals surface area contributed by atoms with Gasteiger partial charge in [0.15, 0.2) is 0 Å². The molecule has 3 aliphatic rings. The molecule has 0 saturated heterocycles. The third kappa shape index (κ3) is 5.73. The van der Waals surface area contributed by atoms with Crippen LogP contribution in [-0.4, -0.2) is 12.7 Å². The largest absolute Gasteiger partial charge is 0.378 e. The third-order valence-corrected chi connectivity index (χ3v) is 8.17. The summed E-state index contributed by atoms with van der Waals surface area (Å²) in [6.45, 7) is 5.67. The van der Waals surface area contributed by atoms with Crippen molar-refractivity contribution in [3.05, 3.63) is 0 Å². The molecule has 3 rings (SSSR count). The maximum atomic E-state index is 6.31. The summed E-state index contributed by atoms with van der Waals surface area (Å²) in [5.41, 5.74) is 0. The van der Waals surface area contributed by atoms with E-state index in [0.29, 0.717) is 6.10 Å². The molecule has 0 aromatic rings. The molecule has 0 aromatic heterocycles. The first-order chi connectivity index (χ1) is 12.8. The predicted molar refractivity (Wildman–Crippen MR) is 112 cm³/mol. The van der Waals surface area contributed by atoms with Crippen molar-refractivity contribution in [2.24, 2.45) is 29.6 Å². The van der Waals surface area contributed by atoms with E-state index in [2.05, 4.69) is 13.8 Å². The molecule has 0 spiro atoms. The van der Waals surface area contributed by atoms with Crippen LogP contribution >= 0.6 is 0 Å². The van der Waals surface area contributed by atoms with Gasteiger partial charge in [-0.2, -0.15) is 0 Å². The van der Waals surface area contributed by atoms with Gasteiger partial charge in [0.05, 0.1) is 6.10 Å². The molecule has 0 N–H and O–H groups in total. The van der Waals surface area contributed by atoms with E-state index >= 15 is 0 Å². The molecular weight excluding hydrogens is 316 g/mol. The fraction of sp³-hybridized carbons (Fsp3) is 1.00. The number of hydrogen-bond donors (Lipinski definition) is 0. The van der Waals surface area contributed by atoms with Crippen molar-refractivity contribution in [1.82, 2.24) is 0 Å². The summed E-state index contributed by atoms with van der Waals surface area (Å²) >= 11 is 0. The minimum absolute atomic E-state index is 0.597. The number of unbranched alkanes of at least 4 members (excludes halogenated alkanes) is 5. The second-order valence-electron chi connectivity index (χ2n) is 9.97. The molecule has 1 nitrogen and oxygen atoms in total. The van der Waals surface area contributed by atoms with Crippen LogP contribution in [-0.2, 0) is 4.74 Å². The van der Waals surface area contributed by atoms with Crippen LogP contribution in [0.3, 0.4) is 0 Å². The molecule has 1 heteroatoms. The Morgan fingerprint density at radius 3 is 2.12 bits per heavy atom. The molecule has 3 aliphatic carbocycles. The first-order valence-electron chi connectivity index (χ1n) is 12.4. The smallest absolute Gasteiger partial charge is 0.0578 e. The molecule has 0 heterocycles. The van der Waals surface area contributed by atoms with Crippen LogP contribution in [0.5, 0.6) is 0 Å². The first-order valence-corrected chi connectivity index (χ1v) is 12.4. The normalized spacial score (nSPS) is 37.2. The molecule has 3 fully saturated rings. The van der Waals surface area contributed by atoms with Crippen LogP contribution in [0.1, 0.15) is 117 Å². The monoisotopic (exact) mass is 362 g/mol. The number of hydrogen-bond acceptors (Lipinski definition) is 1. The van der Waals surface area contributed by atoms with Gasteiger partial charge in [0.1, 0.15) is 0 Å². The molecule has 0 bridgehead atoms. The average molecular weight is 363 g/mol. The quantitative estimate of drug-likeness (QED) is 0.360. The van der Waals surface area contributed by atoms with E-state index < -0.39 is 0 Å².